The molecule has 0 saturated carbocycles. The van der Waals surface area contributed by atoms with Gasteiger partial charge in [0.15, 0.2) is 0 Å². The van der Waals surface area contributed by atoms with Crippen LogP contribution in [0.5, 0.6) is 5.75 Å². The summed E-state index contributed by atoms with van der Waals surface area (Å²) in [5.74, 6) is 0.348. The molecule has 0 bridgehead atoms. The molecular weight excluding hydrogens is 383 g/mol. The first-order valence-electron chi connectivity index (χ1n) is 8.66. The third-order valence-electron chi connectivity index (χ3n) is 4.66. The Bertz CT molecular complexity index is 683. The standard InChI is InChI=1S/C17H26Cl2N2O3S/c1-3-13-7-4-5-11-21(13)12-6-10-20-25(22,23)15-9-8-14(24-2)16(18)17(15)19/h8-9,13,20H,3-7,10-12H2,1-2H3. The van der Waals surface area contributed by atoms with E-state index in [0.29, 0.717) is 18.3 Å². The van der Waals surface area contributed by atoms with Crippen molar-refractivity contribution in [3.8, 4) is 5.75 Å². The summed E-state index contributed by atoms with van der Waals surface area (Å²) < 4.78 is 32.6. The number of hydrogen-bond acceptors (Lipinski definition) is 4. The number of piperidine rings is 1. The van der Waals surface area contributed by atoms with Crippen LogP contribution < -0.4 is 9.46 Å². The zero-order valence-corrected chi connectivity index (χ0v) is 17.1. The molecule has 0 aliphatic carbocycles. The zero-order valence-electron chi connectivity index (χ0n) is 14.7. The smallest absolute Gasteiger partial charge is 0.242 e. The number of nitrogens with zero attached hydrogens (tertiary/aromatic N) is 1. The van der Waals surface area contributed by atoms with Gasteiger partial charge >= 0.3 is 0 Å². The Morgan fingerprint density at radius 2 is 2.04 bits per heavy atom. The lowest BCUT2D eigenvalue weighted by Gasteiger charge is -2.35. The lowest BCUT2D eigenvalue weighted by molar-refractivity contribution is 0.143. The molecule has 1 atom stereocenters. The minimum absolute atomic E-state index is 0.0180. The fourth-order valence-corrected chi connectivity index (χ4v) is 5.17. The second-order valence-electron chi connectivity index (χ2n) is 6.24. The number of sulfonamides is 1. The molecule has 5 nitrogen and oxygen atoms in total. The first kappa shape index (κ1) is 20.8. The van der Waals surface area contributed by atoms with Gasteiger partial charge in [0, 0.05) is 12.6 Å². The van der Waals surface area contributed by atoms with E-state index >= 15 is 0 Å². The second-order valence-corrected chi connectivity index (χ2v) is 8.73. The number of methoxy groups -OCH3 is 1. The molecule has 1 heterocycles. The third kappa shape index (κ3) is 5.23. The van der Waals surface area contributed by atoms with Crippen LogP contribution in [0.25, 0.3) is 0 Å². The Morgan fingerprint density at radius 3 is 2.72 bits per heavy atom. The second kappa shape index (κ2) is 9.42. The molecule has 0 radical (unpaired) electrons. The normalized spacial score (nSPS) is 19.1. The monoisotopic (exact) mass is 408 g/mol. The molecule has 1 N–H and O–H groups in total. The molecule has 0 aromatic heterocycles. The van der Waals surface area contributed by atoms with E-state index in [4.69, 9.17) is 27.9 Å². The van der Waals surface area contributed by atoms with Gasteiger partial charge in [-0.05, 0) is 50.9 Å². The molecule has 1 aliphatic heterocycles. The van der Waals surface area contributed by atoms with E-state index in [1.54, 1.807) is 0 Å². The topological polar surface area (TPSA) is 58.6 Å². The van der Waals surface area contributed by atoms with Crippen LogP contribution in [0.1, 0.15) is 39.0 Å². The Morgan fingerprint density at radius 1 is 1.28 bits per heavy atom. The van der Waals surface area contributed by atoms with Gasteiger partial charge in [0.25, 0.3) is 0 Å². The van der Waals surface area contributed by atoms with Gasteiger partial charge in [-0.25, -0.2) is 13.1 Å². The fourth-order valence-electron chi connectivity index (χ4n) is 3.26. The van der Waals surface area contributed by atoms with E-state index in [0.717, 1.165) is 25.9 Å². The van der Waals surface area contributed by atoms with E-state index in [2.05, 4.69) is 16.5 Å². The number of halogens is 2. The van der Waals surface area contributed by atoms with Crippen molar-refractivity contribution in [3.63, 3.8) is 0 Å². The van der Waals surface area contributed by atoms with Crippen LogP contribution in [-0.4, -0.2) is 46.1 Å². The van der Waals surface area contributed by atoms with Crippen molar-refractivity contribution in [2.24, 2.45) is 0 Å². The van der Waals surface area contributed by atoms with Crippen LogP contribution >= 0.6 is 23.2 Å². The summed E-state index contributed by atoms with van der Waals surface area (Å²) in [6.07, 6.45) is 5.66. The number of likely N-dealkylation sites (tertiary alicyclic amines) is 1. The molecule has 0 amide bonds. The molecule has 8 heteroatoms. The van der Waals surface area contributed by atoms with Crippen LogP contribution in [0.2, 0.25) is 10.0 Å². The van der Waals surface area contributed by atoms with E-state index in [1.807, 2.05) is 0 Å². The van der Waals surface area contributed by atoms with Crippen molar-refractivity contribution in [3.05, 3.63) is 22.2 Å². The molecule has 0 spiro atoms. The summed E-state index contributed by atoms with van der Waals surface area (Å²) >= 11 is 12.1. The van der Waals surface area contributed by atoms with Crippen LogP contribution in [0.3, 0.4) is 0 Å². The minimum atomic E-state index is -3.70. The Labute approximate surface area is 160 Å². The van der Waals surface area contributed by atoms with E-state index < -0.39 is 10.0 Å². The summed E-state index contributed by atoms with van der Waals surface area (Å²) in [4.78, 5) is 2.44. The molecule has 1 aromatic rings. The quantitative estimate of drug-likeness (QED) is 0.661. The molecular formula is C17H26Cl2N2O3S. The van der Waals surface area contributed by atoms with E-state index in [9.17, 15) is 8.42 Å². The Kier molecular flexibility index (Phi) is 7.83. The third-order valence-corrected chi connectivity index (χ3v) is 7.14. The number of rotatable bonds is 8. The summed E-state index contributed by atoms with van der Waals surface area (Å²) in [5.41, 5.74) is 0. The number of benzene rings is 1. The maximum atomic E-state index is 12.5. The van der Waals surface area contributed by atoms with Crippen LogP contribution in [0.4, 0.5) is 0 Å². The predicted octanol–water partition coefficient (Wildman–Crippen LogP) is 3.93. The fraction of sp³-hybridized carbons (Fsp3) is 0.647. The van der Waals surface area contributed by atoms with Gasteiger partial charge in [-0.15, -0.1) is 0 Å². The summed E-state index contributed by atoms with van der Waals surface area (Å²) in [6.45, 7) is 4.58. The highest BCUT2D eigenvalue weighted by atomic mass is 35.5. The van der Waals surface area contributed by atoms with Crippen molar-refractivity contribution in [1.29, 1.82) is 0 Å². The molecule has 1 aliphatic rings. The molecule has 1 saturated heterocycles. The minimum Gasteiger partial charge on any atom is -0.495 e. The van der Waals surface area contributed by atoms with Crippen molar-refractivity contribution in [2.45, 2.75) is 50.0 Å². The lowest BCUT2D eigenvalue weighted by atomic mass is 10.00. The first-order chi connectivity index (χ1) is 11.9. The average Bonchev–Trinajstić information content (AvgIpc) is 2.61. The van der Waals surface area contributed by atoms with Crippen molar-refractivity contribution in [1.82, 2.24) is 9.62 Å². The maximum absolute atomic E-state index is 12.5. The van der Waals surface area contributed by atoms with E-state index in [-0.39, 0.29) is 14.9 Å². The van der Waals surface area contributed by atoms with Gasteiger partial charge in [0.1, 0.15) is 15.7 Å². The van der Waals surface area contributed by atoms with Gasteiger partial charge in [0.2, 0.25) is 10.0 Å². The summed E-state index contributed by atoms with van der Waals surface area (Å²) in [5, 5.41) is 0.0849. The van der Waals surface area contributed by atoms with Crippen molar-refractivity contribution < 1.29 is 13.2 Å². The number of nitrogens with one attached hydrogen (secondary N) is 1. The molecule has 1 fully saturated rings. The largest absolute Gasteiger partial charge is 0.495 e. The number of ether oxygens (including phenoxy) is 1. The molecule has 1 aromatic carbocycles. The van der Waals surface area contributed by atoms with Gasteiger partial charge < -0.3 is 9.64 Å². The average molecular weight is 409 g/mol. The Balaban J connectivity index is 1.92. The number of hydrogen-bond donors (Lipinski definition) is 1. The predicted molar refractivity (Wildman–Crippen MR) is 102 cm³/mol. The van der Waals surface area contributed by atoms with Crippen molar-refractivity contribution >= 4 is 33.2 Å². The van der Waals surface area contributed by atoms with E-state index in [1.165, 1.54) is 38.5 Å². The van der Waals surface area contributed by atoms with Gasteiger partial charge in [-0.3, -0.25) is 0 Å². The van der Waals surface area contributed by atoms with Gasteiger partial charge in [-0.2, -0.15) is 0 Å². The zero-order chi connectivity index (χ0) is 18.4. The maximum Gasteiger partial charge on any atom is 0.242 e. The van der Waals surface area contributed by atoms with Crippen LogP contribution in [0, 0.1) is 0 Å². The van der Waals surface area contributed by atoms with Crippen molar-refractivity contribution in [2.75, 3.05) is 26.7 Å². The molecule has 2 rings (SSSR count). The molecule has 1 unspecified atom stereocenters. The van der Waals surface area contributed by atoms with Gasteiger partial charge in [0.05, 0.1) is 12.1 Å². The first-order valence-corrected chi connectivity index (χ1v) is 10.9. The summed E-state index contributed by atoms with van der Waals surface area (Å²) in [7, 11) is -2.25. The summed E-state index contributed by atoms with van der Waals surface area (Å²) in [6, 6.07) is 3.54. The molecule has 142 valence electrons. The Hall–Kier alpha value is -0.530. The SMILES string of the molecule is CCC1CCCCN1CCCNS(=O)(=O)c1ccc(OC)c(Cl)c1Cl. The highest BCUT2D eigenvalue weighted by Crippen LogP contribution is 2.36. The highest BCUT2D eigenvalue weighted by Gasteiger charge is 2.23. The lowest BCUT2D eigenvalue weighted by Crippen LogP contribution is -2.40. The highest BCUT2D eigenvalue weighted by molar-refractivity contribution is 7.89. The van der Waals surface area contributed by atoms with Gasteiger partial charge in [-0.1, -0.05) is 36.5 Å². The van der Waals surface area contributed by atoms with Crippen LogP contribution in [-0.2, 0) is 10.0 Å². The van der Waals surface area contributed by atoms with Crippen LogP contribution in [0.15, 0.2) is 17.0 Å². The molecule has 25 heavy (non-hydrogen) atoms.